The second-order valence-electron chi connectivity index (χ2n) is 6.62. The summed E-state index contributed by atoms with van der Waals surface area (Å²) in [5.41, 5.74) is 6.94. The molecule has 2 amide bonds. The van der Waals surface area contributed by atoms with E-state index in [9.17, 15) is 19.5 Å². The molecule has 0 aromatic heterocycles. The van der Waals surface area contributed by atoms with Crippen molar-refractivity contribution in [3.63, 3.8) is 0 Å². The highest BCUT2D eigenvalue weighted by Crippen LogP contribution is 2.15. The number of benzene rings is 2. The standard InChI is InChI=1S/C21H25N3O6/c22-17(12-25)23-19(26)18(16(20(27)28)11-14-7-3-1-4-8-14)24-21(29)30-13-15-9-5-2-6-10-15/h1-10,16-18,25H,11-13,22H2,(H,23,26)(H,24,29)(H,27,28)/t16?,17-,18+/m1/s1. The van der Waals surface area contributed by atoms with Crippen molar-refractivity contribution in [3.8, 4) is 0 Å². The number of nitrogens with two attached hydrogens (primary N) is 1. The molecule has 0 fully saturated rings. The predicted octanol–water partition coefficient (Wildman–Crippen LogP) is 0.618. The molecular weight excluding hydrogens is 390 g/mol. The van der Waals surface area contributed by atoms with Gasteiger partial charge in [0.1, 0.15) is 18.8 Å². The van der Waals surface area contributed by atoms with Crippen molar-refractivity contribution in [3.05, 3.63) is 71.8 Å². The number of amides is 2. The predicted molar refractivity (Wildman–Crippen MR) is 108 cm³/mol. The minimum Gasteiger partial charge on any atom is -0.481 e. The van der Waals surface area contributed by atoms with Crippen molar-refractivity contribution in [1.29, 1.82) is 0 Å². The van der Waals surface area contributed by atoms with E-state index in [1.54, 1.807) is 54.6 Å². The Morgan fingerprint density at radius 3 is 2.03 bits per heavy atom. The van der Waals surface area contributed by atoms with Crippen LogP contribution in [0.15, 0.2) is 60.7 Å². The third-order valence-corrected chi connectivity index (χ3v) is 4.31. The number of aliphatic carboxylic acids is 1. The highest BCUT2D eigenvalue weighted by molar-refractivity contribution is 5.90. The van der Waals surface area contributed by atoms with Gasteiger partial charge in [0, 0.05) is 0 Å². The number of aliphatic hydroxyl groups is 1. The zero-order valence-corrected chi connectivity index (χ0v) is 16.2. The second-order valence-corrected chi connectivity index (χ2v) is 6.62. The number of hydrogen-bond acceptors (Lipinski definition) is 6. The molecule has 9 heteroatoms. The number of alkyl carbamates (subject to hydrolysis) is 1. The number of hydrogen-bond donors (Lipinski definition) is 5. The van der Waals surface area contributed by atoms with E-state index in [1.807, 2.05) is 6.07 Å². The van der Waals surface area contributed by atoms with Gasteiger partial charge < -0.3 is 31.3 Å². The molecule has 0 aliphatic carbocycles. The van der Waals surface area contributed by atoms with E-state index >= 15 is 0 Å². The zero-order valence-electron chi connectivity index (χ0n) is 16.2. The van der Waals surface area contributed by atoms with E-state index in [1.165, 1.54) is 0 Å². The lowest BCUT2D eigenvalue weighted by molar-refractivity contribution is -0.145. The Labute approximate surface area is 173 Å². The Hall–Kier alpha value is -3.43. The number of ether oxygens (including phenoxy) is 1. The van der Waals surface area contributed by atoms with E-state index in [4.69, 9.17) is 15.6 Å². The van der Waals surface area contributed by atoms with E-state index in [0.29, 0.717) is 5.56 Å². The molecule has 30 heavy (non-hydrogen) atoms. The molecule has 9 nitrogen and oxygen atoms in total. The minimum absolute atomic E-state index is 0.0123. The van der Waals surface area contributed by atoms with Crippen molar-refractivity contribution >= 4 is 18.0 Å². The molecule has 2 aromatic carbocycles. The van der Waals surface area contributed by atoms with E-state index in [-0.39, 0.29) is 13.0 Å². The van der Waals surface area contributed by atoms with Crippen LogP contribution in [0.1, 0.15) is 11.1 Å². The summed E-state index contributed by atoms with van der Waals surface area (Å²) in [4.78, 5) is 36.8. The third kappa shape index (κ3) is 7.19. The van der Waals surface area contributed by atoms with Crippen molar-refractivity contribution in [2.24, 2.45) is 11.7 Å². The second kappa shape index (κ2) is 11.5. The van der Waals surface area contributed by atoms with Gasteiger partial charge in [0.25, 0.3) is 0 Å². The number of nitrogens with one attached hydrogen (secondary N) is 2. The zero-order chi connectivity index (χ0) is 21.9. The van der Waals surface area contributed by atoms with Crippen LogP contribution in [0, 0.1) is 5.92 Å². The average Bonchev–Trinajstić information content (AvgIpc) is 2.75. The SMILES string of the molecule is N[C@@H](CO)NC(=O)[C@@H](NC(=O)OCc1ccccc1)C(Cc1ccccc1)C(=O)O. The monoisotopic (exact) mass is 415 g/mol. The fraction of sp³-hybridized carbons (Fsp3) is 0.286. The fourth-order valence-electron chi connectivity index (χ4n) is 2.77. The number of carbonyl (C=O) groups is 3. The lowest BCUT2D eigenvalue weighted by Crippen LogP contribution is -2.57. The largest absolute Gasteiger partial charge is 0.481 e. The topological polar surface area (TPSA) is 151 Å². The molecule has 0 bridgehead atoms. The van der Waals surface area contributed by atoms with Crippen LogP contribution in [0.5, 0.6) is 0 Å². The maximum absolute atomic E-state index is 12.6. The number of rotatable bonds is 10. The van der Waals surface area contributed by atoms with Crippen LogP contribution < -0.4 is 16.4 Å². The lowest BCUT2D eigenvalue weighted by Gasteiger charge is -2.25. The van der Waals surface area contributed by atoms with Gasteiger partial charge in [0.05, 0.1) is 12.5 Å². The quantitative estimate of drug-likeness (QED) is 0.357. The lowest BCUT2D eigenvalue weighted by atomic mass is 9.91. The van der Waals surface area contributed by atoms with Crippen LogP contribution in [-0.2, 0) is 27.4 Å². The van der Waals surface area contributed by atoms with Crippen LogP contribution in [0.2, 0.25) is 0 Å². The molecule has 0 aliphatic heterocycles. The van der Waals surface area contributed by atoms with Crippen LogP contribution in [0.25, 0.3) is 0 Å². The summed E-state index contributed by atoms with van der Waals surface area (Å²) in [7, 11) is 0. The minimum atomic E-state index is -1.47. The average molecular weight is 415 g/mol. The molecule has 0 spiro atoms. The Kier molecular flexibility index (Phi) is 8.79. The molecule has 3 atom stereocenters. The Morgan fingerprint density at radius 2 is 1.50 bits per heavy atom. The van der Waals surface area contributed by atoms with Gasteiger partial charge in [-0.1, -0.05) is 60.7 Å². The molecule has 6 N–H and O–H groups in total. The molecule has 0 radical (unpaired) electrons. The fourth-order valence-corrected chi connectivity index (χ4v) is 2.77. The molecule has 2 aromatic rings. The van der Waals surface area contributed by atoms with Gasteiger partial charge in [-0.2, -0.15) is 0 Å². The van der Waals surface area contributed by atoms with Crippen molar-refractivity contribution in [2.75, 3.05) is 6.61 Å². The van der Waals surface area contributed by atoms with Crippen LogP contribution in [-0.4, -0.2) is 47.0 Å². The highest BCUT2D eigenvalue weighted by Gasteiger charge is 2.36. The molecule has 0 saturated heterocycles. The van der Waals surface area contributed by atoms with Gasteiger partial charge >= 0.3 is 12.1 Å². The van der Waals surface area contributed by atoms with Gasteiger partial charge in [0.15, 0.2) is 0 Å². The summed E-state index contributed by atoms with van der Waals surface area (Å²) >= 11 is 0. The van der Waals surface area contributed by atoms with Crippen LogP contribution in [0.3, 0.4) is 0 Å². The first-order valence-corrected chi connectivity index (χ1v) is 9.31. The smallest absolute Gasteiger partial charge is 0.408 e. The summed E-state index contributed by atoms with van der Waals surface area (Å²) in [6.45, 7) is -0.596. The first-order chi connectivity index (χ1) is 14.4. The third-order valence-electron chi connectivity index (χ3n) is 4.31. The van der Waals surface area contributed by atoms with Crippen molar-refractivity contribution < 1.29 is 29.3 Å². The summed E-state index contributed by atoms with van der Waals surface area (Å²) < 4.78 is 5.12. The number of carboxylic acid groups (broad SMARTS) is 1. The number of aliphatic hydroxyl groups excluding tert-OH is 1. The molecule has 0 aliphatic rings. The summed E-state index contributed by atoms with van der Waals surface area (Å²) in [5.74, 6) is -3.40. The van der Waals surface area contributed by atoms with Gasteiger partial charge in [-0.05, 0) is 17.5 Å². The molecular formula is C21H25N3O6. The van der Waals surface area contributed by atoms with Crippen molar-refractivity contribution in [2.45, 2.75) is 25.2 Å². The summed E-state index contributed by atoms with van der Waals surface area (Å²) in [6, 6.07) is 16.1. The first-order valence-electron chi connectivity index (χ1n) is 9.31. The molecule has 1 unspecified atom stereocenters. The number of carbonyl (C=O) groups excluding carboxylic acids is 2. The normalized spacial score (nSPS) is 13.5. The van der Waals surface area contributed by atoms with Gasteiger partial charge in [-0.3, -0.25) is 9.59 Å². The molecule has 0 saturated carbocycles. The first kappa shape index (κ1) is 22.9. The van der Waals surface area contributed by atoms with Gasteiger partial charge in [-0.25, -0.2) is 4.79 Å². The molecule has 160 valence electrons. The van der Waals surface area contributed by atoms with Crippen LogP contribution in [0.4, 0.5) is 4.79 Å². The number of carboxylic acids is 1. The van der Waals surface area contributed by atoms with Crippen molar-refractivity contribution in [1.82, 2.24) is 10.6 Å². The Bertz CT molecular complexity index is 831. The maximum Gasteiger partial charge on any atom is 0.408 e. The maximum atomic E-state index is 12.6. The van der Waals surface area contributed by atoms with Gasteiger partial charge in [-0.15, -0.1) is 0 Å². The summed E-state index contributed by atoms with van der Waals surface area (Å²) in [5, 5.41) is 23.4. The molecule has 0 heterocycles. The van der Waals surface area contributed by atoms with E-state index < -0.39 is 42.7 Å². The molecule has 2 rings (SSSR count). The van der Waals surface area contributed by atoms with E-state index in [2.05, 4.69) is 10.6 Å². The summed E-state index contributed by atoms with van der Waals surface area (Å²) in [6.07, 6.45) is -2.06. The Balaban J connectivity index is 2.15. The van der Waals surface area contributed by atoms with E-state index in [0.717, 1.165) is 5.56 Å². The van der Waals surface area contributed by atoms with Crippen LogP contribution >= 0.6 is 0 Å². The van der Waals surface area contributed by atoms with Gasteiger partial charge in [0.2, 0.25) is 5.91 Å². The Morgan fingerprint density at radius 1 is 0.933 bits per heavy atom. The highest BCUT2D eigenvalue weighted by atomic mass is 16.5.